The van der Waals surface area contributed by atoms with Gasteiger partial charge in [0, 0.05) is 11.9 Å². The van der Waals surface area contributed by atoms with Crippen LogP contribution >= 0.6 is 11.8 Å². The minimum absolute atomic E-state index is 0.263. The summed E-state index contributed by atoms with van der Waals surface area (Å²) in [7, 11) is 0. The minimum atomic E-state index is -0.623. The Kier molecular flexibility index (Phi) is 3.96. The van der Waals surface area contributed by atoms with E-state index in [-0.39, 0.29) is 5.92 Å². The lowest BCUT2D eigenvalue weighted by molar-refractivity contribution is 0.0376. The van der Waals surface area contributed by atoms with E-state index < -0.39 is 5.60 Å². The Hall–Kier alpha value is -0.540. The van der Waals surface area contributed by atoms with Crippen LogP contribution in [0.1, 0.15) is 20.8 Å². The Morgan fingerprint density at radius 1 is 1.50 bits per heavy atom. The molecule has 0 bridgehead atoms. The van der Waals surface area contributed by atoms with Crippen molar-refractivity contribution in [3.63, 3.8) is 0 Å². The Morgan fingerprint density at radius 2 is 2.21 bits per heavy atom. The van der Waals surface area contributed by atoms with Crippen LogP contribution in [-0.2, 0) is 0 Å². The third-order valence-corrected chi connectivity index (χ3v) is 3.66. The predicted molar refractivity (Wildman–Crippen MR) is 60.4 cm³/mol. The maximum absolute atomic E-state index is 10.0. The number of aromatic nitrogens is 1. The van der Waals surface area contributed by atoms with Crippen molar-refractivity contribution in [1.82, 2.24) is 4.98 Å². The van der Waals surface area contributed by atoms with Crippen molar-refractivity contribution in [3.8, 4) is 0 Å². The maximum atomic E-state index is 10.0. The molecule has 1 atom stereocenters. The molecule has 0 spiro atoms. The zero-order chi connectivity index (χ0) is 10.6. The van der Waals surface area contributed by atoms with Gasteiger partial charge in [0.05, 0.1) is 10.6 Å². The van der Waals surface area contributed by atoms with E-state index in [1.54, 1.807) is 18.0 Å². The summed E-state index contributed by atoms with van der Waals surface area (Å²) in [5.74, 6) is 0.945. The van der Waals surface area contributed by atoms with Crippen LogP contribution in [0.25, 0.3) is 0 Å². The molecule has 0 aromatic carbocycles. The lowest BCUT2D eigenvalue weighted by Gasteiger charge is -2.26. The highest BCUT2D eigenvalue weighted by Gasteiger charge is 2.24. The first-order valence-electron chi connectivity index (χ1n) is 4.78. The van der Waals surface area contributed by atoms with Crippen LogP contribution in [0.5, 0.6) is 0 Å². The fourth-order valence-electron chi connectivity index (χ4n) is 0.819. The molecule has 1 heterocycles. The van der Waals surface area contributed by atoms with Crippen LogP contribution in [0, 0.1) is 5.92 Å². The zero-order valence-electron chi connectivity index (χ0n) is 8.90. The molecule has 0 saturated carbocycles. The fourth-order valence-corrected chi connectivity index (χ4v) is 1.90. The Bertz CT molecular complexity index is 272. The van der Waals surface area contributed by atoms with Crippen LogP contribution in [-0.4, -0.2) is 21.4 Å². The van der Waals surface area contributed by atoms with Gasteiger partial charge in [-0.15, -0.1) is 11.8 Å². The van der Waals surface area contributed by atoms with Crippen LogP contribution in [0.15, 0.2) is 29.4 Å². The molecule has 1 N–H and O–H groups in total. The van der Waals surface area contributed by atoms with Gasteiger partial charge in [-0.2, -0.15) is 0 Å². The zero-order valence-corrected chi connectivity index (χ0v) is 9.71. The van der Waals surface area contributed by atoms with Crippen molar-refractivity contribution < 1.29 is 5.11 Å². The number of hydrogen-bond acceptors (Lipinski definition) is 3. The molecule has 3 heteroatoms. The van der Waals surface area contributed by atoms with Crippen LogP contribution in [0.4, 0.5) is 0 Å². The van der Waals surface area contributed by atoms with Gasteiger partial charge in [0.15, 0.2) is 0 Å². The van der Waals surface area contributed by atoms with E-state index in [9.17, 15) is 5.11 Å². The normalized spacial score (nSPS) is 15.5. The third-order valence-electron chi connectivity index (χ3n) is 2.39. The molecule has 0 saturated heterocycles. The second-order valence-corrected chi connectivity index (χ2v) is 4.96. The van der Waals surface area contributed by atoms with Crippen LogP contribution in [0.2, 0.25) is 0 Å². The van der Waals surface area contributed by atoms with E-state index in [4.69, 9.17) is 0 Å². The molecule has 0 aliphatic carbocycles. The van der Waals surface area contributed by atoms with Gasteiger partial charge in [-0.3, -0.25) is 0 Å². The van der Waals surface area contributed by atoms with E-state index in [0.717, 1.165) is 5.03 Å². The van der Waals surface area contributed by atoms with Crippen molar-refractivity contribution >= 4 is 11.8 Å². The first-order valence-corrected chi connectivity index (χ1v) is 5.77. The summed E-state index contributed by atoms with van der Waals surface area (Å²) < 4.78 is 0. The number of aliphatic hydroxyl groups is 1. The molecule has 0 aliphatic heterocycles. The highest BCUT2D eigenvalue weighted by atomic mass is 32.2. The fraction of sp³-hybridized carbons (Fsp3) is 0.545. The van der Waals surface area contributed by atoms with Gasteiger partial charge in [-0.1, -0.05) is 19.9 Å². The largest absolute Gasteiger partial charge is 0.389 e. The molecular formula is C11H17NOS. The molecule has 14 heavy (non-hydrogen) atoms. The lowest BCUT2D eigenvalue weighted by atomic mass is 9.95. The van der Waals surface area contributed by atoms with Gasteiger partial charge in [-0.05, 0) is 25.0 Å². The van der Waals surface area contributed by atoms with Gasteiger partial charge >= 0.3 is 0 Å². The molecule has 1 aromatic heterocycles. The summed E-state index contributed by atoms with van der Waals surface area (Å²) in [5, 5.41) is 11.0. The molecule has 2 nitrogen and oxygen atoms in total. The monoisotopic (exact) mass is 211 g/mol. The van der Waals surface area contributed by atoms with Gasteiger partial charge in [0.1, 0.15) is 0 Å². The second-order valence-electron chi connectivity index (χ2n) is 3.97. The highest BCUT2D eigenvalue weighted by Crippen LogP contribution is 2.25. The second kappa shape index (κ2) is 4.80. The maximum Gasteiger partial charge on any atom is 0.0960 e. The predicted octanol–water partition coefficient (Wildman–Crippen LogP) is 2.58. The number of nitrogens with zero attached hydrogens (tertiary/aromatic N) is 1. The quantitative estimate of drug-likeness (QED) is 0.777. The molecule has 1 unspecified atom stereocenters. The SMILES string of the molecule is CC(C)C(C)(O)CSc1ccccn1. The van der Waals surface area contributed by atoms with Crippen molar-refractivity contribution in [3.05, 3.63) is 24.4 Å². The first kappa shape index (κ1) is 11.5. The number of pyridine rings is 1. The van der Waals surface area contributed by atoms with E-state index >= 15 is 0 Å². The summed E-state index contributed by atoms with van der Waals surface area (Å²) in [6.45, 7) is 5.92. The number of hydrogen-bond donors (Lipinski definition) is 1. The Morgan fingerprint density at radius 3 is 2.71 bits per heavy atom. The third kappa shape index (κ3) is 3.31. The summed E-state index contributed by atoms with van der Waals surface area (Å²) in [6.07, 6.45) is 1.77. The standard InChI is InChI=1S/C11H17NOS/c1-9(2)11(3,13)8-14-10-6-4-5-7-12-10/h4-7,9,13H,8H2,1-3H3. The van der Waals surface area contributed by atoms with Crippen LogP contribution < -0.4 is 0 Å². The summed E-state index contributed by atoms with van der Waals surface area (Å²) in [5.41, 5.74) is -0.623. The lowest BCUT2D eigenvalue weighted by Crippen LogP contribution is -2.33. The molecule has 0 amide bonds. The van der Waals surface area contributed by atoms with Crippen LogP contribution in [0.3, 0.4) is 0 Å². The molecule has 0 fully saturated rings. The molecule has 78 valence electrons. The van der Waals surface area contributed by atoms with E-state index in [1.165, 1.54) is 0 Å². The van der Waals surface area contributed by atoms with Crippen molar-refractivity contribution in [2.75, 3.05) is 5.75 Å². The van der Waals surface area contributed by atoms with E-state index in [2.05, 4.69) is 4.98 Å². The molecule has 1 aromatic rings. The number of rotatable bonds is 4. The highest BCUT2D eigenvalue weighted by molar-refractivity contribution is 7.99. The van der Waals surface area contributed by atoms with E-state index in [0.29, 0.717) is 5.75 Å². The average Bonchev–Trinajstić information content (AvgIpc) is 2.16. The molecule has 0 aliphatic rings. The van der Waals surface area contributed by atoms with Crippen molar-refractivity contribution in [1.29, 1.82) is 0 Å². The van der Waals surface area contributed by atoms with Gasteiger partial charge in [-0.25, -0.2) is 4.98 Å². The Labute approximate surface area is 89.8 Å². The van der Waals surface area contributed by atoms with Gasteiger partial charge < -0.3 is 5.11 Å². The smallest absolute Gasteiger partial charge is 0.0960 e. The minimum Gasteiger partial charge on any atom is -0.389 e. The van der Waals surface area contributed by atoms with Crippen molar-refractivity contribution in [2.24, 2.45) is 5.92 Å². The topological polar surface area (TPSA) is 33.1 Å². The average molecular weight is 211 g/mol. The first-order chi connectivity index (χ1) is 6.52. The Balaban J connectivity index is 2.49. The summed E-state index contributed by atoms with van der Waals surface area (Å²) >= 11 is 1.59. The molecule has 0 radical (unpaired) electrons. The van der Waals surface area contributed by atoms with Gasteiger partial charge in [0.2, 0.25) is 0 Å². The van der Waals surface area contributed by atoms with Gasteiger partial charge in [0.25, 0.3) is 0 Å². The molecular weight excluding hydrogens is 194 g/mol. The summed E-state index contributed by atoms with van der Waals surface area (Å²) in [6, 6.07) is 5.81. The van der Waals surface area contributed by atoms with E-state index in [1.807, 2.05) is 39.0 Å². The summed E-state index contributed by atoms with van der Waals surface area (Å²) in [4.78, 5) is 4.19. The molecule has 1 rings (SSSR count). The van der Waals surface area contributed by atoms with Crippen molar-refractivity contribution in [2.45, 2.75) is 31.4 Å². The number of thioether (sulfide) groups is 1.